The molecule has 0 bridgehead atoms. The van der Waals surface area contributed by atoms with Gasteiger partial charge in [0.15, 0.2) is 0 Å². The quantitative estimate of drug-likeness (QED) is 0.563. The maximum atomic E-state index is 12.7. The van der Waals surface area contributed by atoms with Crippen molar-refractivity contribution in [1.82, 2.24) is 26.0 Å². The molecule has 3 N–H and O–H groups in total. The van der Waals surface area contributed by atoms with E-state index in [0.717, 1.165) is 50.2 Å². The largest absolute Gasteiger partial charge is 0.444 e. The smallest absolute Gasteiger partial charge is 0.407 e. The Kier molecular flexibility index (Phi) is 7.08. The second-order valence-electron chi connectivity index (χ2n) is 9.76. The number of carbonyl (C=O) groups is 4. The fourth-order valence-electron chi connectivity index (χ4n) is 4.43. The Morgan fingerprint density at radius 2 is 1.77 bits per heavy atom. The minimum Gasteiger partial charge on any atom is -0.444 e. The van der Waals surface area contributed by atoms with Gasteiger partial charge < -0.3 is 20.3 Å². The lowest BCUT2D eigenvalue weighted by Gasteiger charge is -2.32. The summed E-state index contributed by atoms with van der Waals surface area (Å²) < 4.78 is 5.29. The third kappa shape index (κ3) is 6.09. The van der Waals surface area contributed by atoms with Crippen LogP contribution in [0.5, 0.6) is 0 Å². The van der Waals surface area contributed by atoms with E-state index >= 15 is 0 Å². The molecule has 1 spiro atoms. The minimum atomic E-state index is -0.842. The van der Waals surface area contributed by atoms with E-state index in [1.807, 2.05) is 20.8 Å². The van der Waals surface area contributed by atoms with E-state index in [1.54, 1.807) is 0 Å². The molecule has 3 aliphatic rings. The Morgan fingerprint density at radius 1 is 1.13 bits per heavy atom. The molecular weight excluding hydrogens is 402 g/mol. The number of hydrogen-bond donors (Lipinski definition) is 3. The van der Waals surface area contributed by atoms with Crippen LogP contribution in [0.25, 0.3) is 0 Å². The van der Waals surface area contributed by atoms with Crippen LogP contribution in [-0.4, -0.2) is 70.7 Å². The number of amides is 5. The van der Waals surface area contributed by atoms with Gasteiger partial charge in [0.05, 0.1) is 0 Å². The molecule has 5 amide bonds. The molecule has 31 heavy (non-hydrogen) atoms. The van der Waals surface area contributed by atoms with Crippen LogP contribution in [0.4, 0.5) is 9.59 Å². The summed E-state index contributed by atoms with van der Waals surface area (Å²) in [6, 6.07) is -0.494. The Labute approximate surface area is 183 Å². The van der Waals surface area contributed by atoms with E-state index < -0.39 is 23.3 Å². The maximum absolute atomic E-state index is 12.7. The molecule has 0 radical (unpaired) electrons. The first-order valence-corrected chi connectivity index (χ1v) is 11.3. The van der Waals surface area contributed by atoms with Crippen LogP contribution in [0.2, 0.25) is 0 Å². The zero-order valence-electron chi connectivity index (χ0n) is 18.8. The predicted molar refractivity (Wildman–Crippen MR) is 113 cm³/mol. The number of hydrogen-bond acceptors (Lipinski definition) is 6. The second kappa shape index (κ2) is 9.42. The lowest BCUT2D eigenvalue weighted by Crippen LogP contribution is -2.51. The average Bonchev–Trinajstić information content (AvgIpc) is 2.90. The number of carbonyl (C=O) groups excluding carboxylic acids is 4. The monoisotopic (exact) mass is 437 g/mol. The van der Waals surface area contributed by atoms with E-state index in [0.29, 0.717) is 19.4 Å². The van der Waals surface area contributed by atoms with Crippen LogP contribution in [0, 0.1) is 0 Å². The molecule has 3 fully saturated rings. The summed E-state index contributed by atoms with van der Waals surface area (Å²) >= 11 is 0. The van der Waals surface area contributed by atoms with Crippen molar-refractivity contribution in [2.24, 2.45) is 0 Å². The Bertz CT molecular complexity index is 705. The normalized spacial score (nSPS) is 22.4. The van der Waals surface area contributed by atoms with E-state index in [9.17, 15) is 19.2 Å². The summed E-state index contributed by atoms with van der Waals surface area (Å²) in [5.41, 5.74) is 1.11. The van der Waals surface area contributed by atoms with Crippen LogP contribution in [0.3, 0.4) is 0 Å². The molecule has 2 aliphatic heterocycles. The molecular formula is C21H35N5O5. The standard InChI is InChI=1S/C21H35N5O5/c1-20(2,3)31-19(30)22-15-7-12-25(13-8-15)14-9-16(27)24-26-17(28)21(23-18(26)29)10-5-4-6-11-21/h15H,4-14H2,1-3H3,(H,22,30)(H,23,29)(H,24,27). The van der Waals surface area contributed by atoms with Gasteiger partial charge in [-0.15, -0.1) is 0 Å². The zero-order chi connectivity index (χ0) is 22.6. The van der Waals surface area contributed by atoms with Crippen LogP contribution >= 0.6 is 0 Å². The van der Waals surface area contributed by atoms with Crippen molar-refractivity contribution < 1.29 is 23.9 Å². The first-order chi connectivity index (χ1) is 14.6. The molecule has 0 atom stereocenters. The number of likely N-dealkylation sites (tertiary alicyclic amines) is 1. The highest BCUT2D eigenvalue weighted by Crippen LogP contribution is 2.33. The molecule has 10 nitrogen and oxygen atoms in total. The molecule has 2 heterocycles. The molecule has 0 aromatic heterocycles. The summed E-state index contributed by atoms with van der Waals surface area (Å²) in [6.45, 7) is 7.51. The zero-order valence-corrected chi connectivity index (χ0v) is 18.8. The highest BCUT2D eigenvalue weighted by molar-refractivity contribution is 6.08. The van der Waals surface area contributed by atoms with Gasteiger partial charge >= 0.3 is 12.1 Å². The number of nitrogens with zero attached hydrogens (tertiary/aromatic N) is 2. The summed E-state index contributed by atoms with van der Waals surface area (Å²) in [4.78, 5) is 51.3. The number of nitrogens with one attached hydrogen (secondary N) is 3. The van der Waals surface area contributed by atoms with Crippen molar-refractivity contribution in [2.75, 3.05) is 19.6 Å². The lowest BCUT2D eigenvalue weighted by molar-refractivity contribution is -0.140. The van der Waals surface area contributed by atoms with E-state index in [2.05, 4.69) is 21.0 Å². The van der Waals surface area contributed by atoms with Crippen molar-refractivity contribution in [3.63, 3.8) is 0 Å². The summed E-state index contributed by atoms with van der Waals surface area (Å²) in [5, 5.41) is 6.53. The van der Waals surface area contributed by atoms with Crippen LogP contribution < -0.4 is 16.1 Å². The third-order valence-corrected chi connectivity index (χ3v) is 6.07. The van der Waals surface area contributed by atoms with Gasteiger partial charge in [-0.05, 0) is 46.5 Å². The number of ether oxygens (including phenoxy) is 1. The van der Waals surface area contributed by atoms with Gasteiger partial charge in [0, 0.05) is 32.1 Å². The highest BCUT2D eigenvalue weighted by atomic mass is 16.6. The van der Waals surface area contributed by atoms with Crippen LogP contribution in [0.15, 0.2) is 0 Å². The SMILES string of the molecule is CC(C)(C)OC(=O)NC1CCN(CCC(=O)NN2C(=O)NC3(CCCCC3)C2=O)CC1. The fraction of sp³-hybridized carbons (Fsp3) is 0.810. The molecule has 174 valence electrons. The van der Waals surface area contributed by atoms with Crippen LogP contribution in [-0.2, 0) is 14.3 Å². The average molecular weight is 438 g/mol. The van der Waals surface area contributed by atoms with Crippen molar-refractivity contribution in [1.29, 1.82) is 0 Å². The Balaban J connectivity index is 1.37. The van der Waals surface area contributed by atoms with Gasteiger partial charge in [-0.1, -0.05) is 19.3 Å². The number of urea groups is 1. The third-order valence-electron chi connectivity index (χ3n) is 6.07. The van der Waals surface area contributed by atoms with E-state index in [1.165, 1.54) is 0 Å². The van der Waals surface area contributed by atoms with Gasteiger partial charge in [-0.3, -0.25) is 15.0 Å². The van der Waals surface area contributed by atoms with Gasteiger partial charge in [0.2, 0.25) is 5.91 Å². The second-order valence-corrected chi connectivity index (χ2v) is 9.76. The minimum absolute atomic E-state index is 0.0533. The van der Waals surface area contributed by atoms with Gasteiger partial charge in [-0.25, -0.2) is 9.59 Å². The van der Waals surface area contributed by atoms with Gasteiger partial charge in [0.25, 0.3) is 5.91 Å². The Morgan fingerprint density at radius 3 is 2.39 bits per heavy atom. The van der Waals surface area contributed by atoms with E-state index in [-0.39, 0.29) is 24.3 Å². The van der Waals surface area contributed by atoms with Crippen molar-refractivity contribution >= 4 is 23.9 Å². The molecule has 10 heteroatoms. The van der Waals surface area contributed by atoms with Crippen LogP contribution in [0.1, 0.15) is 72.1 Å². The fourth-order valence-corrected chi connectivity index (χ4v) is 4.43. The molecule has 3 rings (SSSR count). The number of rotatable bonds is 5. The molecule has 0 unspecified atom stereocenters. The summed E-state index contributed by atoms with van der Waals surface area (Å²) in [7, 11) is 0. The predicted octanol–water partition coefficient (Wildman–Crippen LogP) is 1.65. The van der Waals surface area contributed by atoms with Gasteiger partial charge in [0.1, 0.15) is 11.1 Å². The van der Waals surface area contributed by atoms with Crippen molar-refractivity contribution in [3.8, 4) is 0 Å². The molecule has 2 saturated heterocycles. The first-order valence-electron chi connectivity index (χ1n) is 11.3. The van der Waals surface area contributed by atoms with Crippen molar-refractivity contribution in [3.05, 3.63) is 0 Å². The topological polar surface area (TPSA) is 120 Å². The molecule has 0 aromatic carbocycles. The van der Waals surface area contributed by atoms with Crippen molar-refractivity contribution in [2.45, 2.75) is 89.3 Å². The molecule has 0 aromatic rings. The maximum Gasteiger partial charge on any atom is 0.407 e. The number of hydrazine groups is 1. The first kappa shape index (κ1) is 23.3. The van der Waals surface area contributed by atoms with E-state index in [4.69, 9.17) is 4.74 Å². The highest BCUT2D eigenvalue weighted by Gasteiger charge is 2.52. The van der Waals surface area contributed by atoms with Gasteiger partial charge in [-0.2, -0.15) is 5.01 Å². The lowest BCUT2D eigenvalue weighted by atomic mass is 9.82. The molecule has 1 saturated carbocycles. The summed E-state index contributed by atoms with van der Waals surface area (Å²) in [5.74, 6) is -0.704. The Hall–Kier alpha value is -2.36. The number of imide groups is 1. The molecule has 1 aliphatic carbocycles. The number of alkyl carbamates (subject to hydrolysis) is 1. The summed E-state index contributed by atoms with van der Waals surface area (Å²) in [6.07, 6.45) is 5.42. The number of piperidine rings is 1.